The fraction of sp³-hybridized carbons (Fsp3) is 0.800. The van der Waals surface area contributed by atoms with Gasteiger partial charge in [-0.25, -0.2) is 5.84 Å². The van der Waals surface area contributed by atoms with E-state index in [2.05, 4.69) is 0 Å². The molecule has 0 aromatic carbocycles. The van der Waals surface area contributed by atoms with Crippen LogP contribution in [-0.4, -0.2) is 37.9 Å². The van der Waals surface area contributed by atoms with Crippen LogP contribution in [0.3, 0.4) is 0 Å². The summed E-state index contributed by atoms with van der Waals surface area (Å²) < 4.78 is 62.3. The Balaban J connectivity index is 6.00. The number of carbonyl (C=O) groups is 1. The van der Waals surface area contributed by atoms with Crippen LogP contribution < -0.4 is 11.3 Å². The Morgan fingerprint density at radius 3 is 2.67 bits per heavy atom. The molecule has 0 aliphatic heterocycles. The Labute approximate surface area is 67.8 Å². The second-order valence-corrected chi connectivity index (χ2v) is 1.54. The molecule has 0 aliphatic rings. The van der Waals surface area contributed by atoms with E-state index in [0.717, 1.165) is 0 Å². The van der Waals surface area contributed by atoms with E-state index in [1.807, 2.05) is 0 Å². The van der Waals surface area contributed by atoms with Gasteiger partial charge in [0.1, 0.15) is 0 Å². The highest BCUT2D eigenvalue weighted by molar-refractivity contribution is 5.76. The van der Waals surface area contributed by atoms with E-state index < -0.39 is 37.9 Å². The lowest BCUT2D eigenvalue weighted by Gasteiger charge is -2.21. The van der Waals surface area contributed by atoms with Crippen molar-refractivity contribution in [1.29, 1.82) is 0 Å². The molecule has 0 unspecified atom stereocenters. The van der Waals surface area contributed by atoms with Crippen LogP contribution in [0.2, 0.25) is 0 Å². The molecule has 0 saturated carbocycles. The first-order chi connectivity index (χ1) is 7.70. The van der Waals surface area contributed by atoms with Crippen LogP contribution in [0.4, 0.5) is 0 Å². The van der Waals surface area contributed by atoms with Crippen molar-refractivity contribution in [3.05, 3.63) is 0 Å². The fourth-order valence-corrected chi connectivity index (χ4v) is 0.261. The van der Waals surface area contributed by atoms with Crippen molar-refractivity contribution < 1.29 is 21.6 Å². The third-order valence-electron chi connectivity index (χ3n) is 0.542. The van der Waals surface area contributed by atoms with Crippen LogP contribution in [0.1, 0.15) is 12.3 Å². The highest BCUT2D eigenvalue weighted by atomic mass is 16.2. The molecular formula is C5H14N3O+. The lowest BCUT2D eigenvalue weighted by Crippen LogP contribution is -2.46. The van der Waals surface area contributed by atoms with E-state index in [0.29, 0.717) is 0 Å². The molecule has 1 amide bonds. The molecule has 0 aromatic rings. The number of likely N-dealkylation sites (N-methyl/N-ethyl adjacent to an activating group) is 1. The summed E-state index contributed by atoms with van der Waals surface area (Å²) in [6.45, 7) is -11.6. The summed E-state index contributed by atoms with van der Waals surface area (Å²) in [7, 11) is 0. The molecule has 0 heterocycles. The zero-order valence-electron chi connectivity index (χ0n) is 13.6. The molecule has 0 saturated heterocycles. The molecule has 3 N–H and O–H groups in total. The first-order valence-corrected chi connectivity index (χ1v) is 2.08. The standard InChI is InChI=1S/C5H13N3O/c1-8(2,3)4-5(9)7-6/h4,6H2,1-3H3/p+1/i1D3,2D3,3D3. The number of nitrogens with zero attached hydrogens (tertiary/aromatic N) is 1. The van der Waals surface area contributed by atoms with E-state index >= 15 is 0 Å². The summed E-state index contributed by atoms with van der Waals surface area (Å²) in [5, 5.41) is 0. The normalized spacial score (nSPS) is 30.1. The van der Waals surface area contributed by atoms with E-state index in [-0.39, 0.29) is 0 Å². The summed E-state index contributed by atoms with van der Waals surface area (Å²) in [5.41, 5.74) is 1.53. The van der Waals surface area contributed by atoms with Gasteiger partial charge >= 0.3 is 0 Å². The zero-order chi connectivity index (χ0) is 15.0. The average Bonchev–Trinajstić information content (AvgIpc) is 2.07. The van der Waals surface area contributed by atoms with E-state index in [1.54, 1.807) is 0 Å². The second kappa shape index (κ2) is 2.80. The summed E-state index contributed by atoms with van der Waals surface area (Å²) in [5.74, 6) is 3.55. The van der Waals surface area contributed by atoms with Gasteiger partial charge in [0, 0.05) is 0 Å². The van der Waals surface area contributed by atoms with Gasteiger partial charge in [-0.3, -0.25) is 10.2 Å². The van der Waals surface area contributed by atoms with Crippen molar-refractivity contribution in [3.8, 4) is 0 Å². The van der Waals surface area contributed by atoms with Gasteiger partial charge in [0.25, 0.3) is 5.91 Å². The Morgan fingerprint density at radius 2 is 2.33 bits per heavy atom. The maximum absolute atomic E-state index is 11.2. The van der Waals surface area contributed by atoms with Crippen LogP contribution in [0, 0.1) is 0 Å². The lowest BCUT2D eigenvalue weighted by atomic mass is 10.5. The minimum atomic E-state index is -3.44. The van der Waals surface area contributed by atoms with Gasteiger partial charge in [-0.1, -0.05) is 0 Å². The van der Waals surface area contributed by atoms with Gasteiger partial charge in [0.05, 0.1) is 33.3 Å². The topological polar surface area (TPSA) is 55.1 Å². The molecule has 4 nitrogen and oxygen atoms in total. The van der Waals surface area contributed by atoms with Crippen molar-refractivity contribution in [2.45, 2.75) is 0 Å². The molecule has 0 atom stereocenters. The molecule has 0 fully saturated rings. The van der Waals surface area contributed by atoms with Crippen LogP contribution in [0.5, 0.6) is 0 Å². The smallest absolute Gasteiger partial charge is 0.289 e. The van der Waals surface area contributed by atoms with Gasteiger partial charge in [-0.2, -0.15) is 0 Å². The van der Waals surface area contributed by atoms with Gasteiger partial charge in [0.15, 0.2) is 6.54 Å². The first-order valence-electron chi connectivity index (χ1n) is 6.58. The van der Waals surface area contributed by atoms with Gasteiger partial charge < -0.3 is 4.48 Å². The molecular weight excluding hydrogens is 118 g/mol. The number of nitrogens with two attached hydrogens (primary N) is 1. The van der Waals surface area contributed by atoms with Crippen LogP contribution in [0.25, 0.3) is 0 Å². The summed E-state index contributed by atoms with van der Waals surface area (Å²) >= 11 is 0. The number of nitrogens with one attached hydrogen (secondary N) is 1. The summed E-state index contributed by atoms with van der Waals surface area (Å²) in [6, 6.07) is 0. The third kappa shape index (κ3) is 5.26. The van der Waals surface area contributed by atoms with E-state index in [9.17, 15) is 4.79 Å². The predicted octanol–water partition coefficient (Wildman–Crippen LogP) is -1.32. The summed E-state index contributed by atoms with van der Waals surface area (Å²) in [4.78, 5) is 11.2. The highest BCUT2D eigenvalue weighted by Gasteiger charge is 2.11. The maximum Gasteiger partial charge on any atom is 0.289 e. The first kappa shape index (κ1) is 1.71. The zero-order valence-corrected chi connectivity index (χ0v) is 4.64. The summed E-state index contributed by atoms with van der Waals surface area (Å²) in [6.07, 6.45) is 0. The monoisotopic (exact) mass is 141 g/mol. The number of amides is 1. The molecule has 0 aromatic heterocycles. The van der Waals surface area contributed by atoms with Gasteiger partial charge in [-0.05, 0) is 0 Å². The minimum absolute atomic E-state index is 1.20. The molecule has 4 heteroatoms. The third-order valence-corrected chi connectivity index (χ3v) is 0.542. The Morgan fingerprint density at radius 1 is 1.78 bits per heavy atom. The Kier molecular flexibility index (Phi) is 0.530. The number of carbonyl (C=O) groups excluding carboxylic acids is 1. The van der Waals surface area contributed by atoms with Crippen LogP contribution in [0.15, 0.2) is 0 Å². The highest BCUT2D eigenvalue weighted by Crippen LogP contribution is 1.86. The lowest BCUT2D eigenvalue weighted by molar-refractivity contribution is -0.862. The van der Waals surface area contributed by atoms with Crippen LogP contribution in [-0.2, 0) is 4.79 Å². The molecule has 0 bridgehead atoms. The number of hydrogen-bond donors (Lipinski definition) is 2. The number of rotatable bonds is 2. The van der Waals surface area contributed by atoms with Crippen molar-refractivity contribution in [3.63, 3.8) is 0 Å². The van der Waals surface area contributed by atoms with E-state index in [4.69, 9.17) is 18.2 Å². The molecule has 0 aliphatic carbocycles. The average molecular weight is 141 g/mol. The van der Waals surface area contributed by atoms with Crippen molar-refractivity contribution in [1.82, 2.24) is 5.43 Å². The number of hydrazine groups is 1. The van der Waals surface area contributed by atoms with Gasteiger partial charge in [0.2, 0.25) is 0 Å². The van der Waals surface area contributed by atoms with Crippen LogP contribution >= 0.6 is 0 Å². The van der Waals surface area contributed by atoms with Crippen molar-refractivity contribution in [2.24, 2.45) is 5.84 Å². The SMILES string of the molecule is [2H]C([2H])([2H])[N+](CC(=O)NN)(C([2H])([2H])[2H])C([2H])([2H])[2H]. The van der Waals surface area contributed by atoms with E-state index in [1.165, 1.54) is 5.43 Å². The largest absolute Gasteiger partial charge is 0.323 e. The maximum atomic E-state index is 11.2. The Hall–Kier alpha value is -0.610. The van der Waals surface area contributed by atoms with Crippen molar-refractivity contribution in [2.75, 3.05) is 27.5 Å². The molecule has 54 valence electrons. The molecule has 0 rings (SSSR count). The predicted molar refractivity (Wildman–Crippen MR) is 35.2 cm³/mol. The quantitative estimate of drug-likeness (QED) is 0.217. The number of hydrogen-bond acceptors (Lipinski definition) is 2. The number of quaternary nitrogens is 1. The van der Waals surface area contributed by atoms with Gasteiger partial charge in [-0.15, -0.1) is 0 Å². The van der Waals surface area contributed by atoms with Crippen molar-refractivity contribution >= 4 is 5.91 Å². The fourth-order valence-electron chi connectivity index (χ4n) is 0.261. The minimum Gasteiger partial charge on any atom is -0.323 e. The molecule has 0 radical (unpaired) electrons. The molecule has 0 spiro atoms. The molecule has 9 heavy (non-hydrogen) atoms. The second-order valence-electron chi connectivity index (χ2n) is 1.54. The Bertz CT molecular complexity index is 280.